The van der Waals surface area contributed by atoms with Crippen molar-refractivity contribution in [2.24, 2.45) is 13.0 Å². The topological polar surface area (TPSA) is 58.4 Å². The molecule has 0 atom stereocenters. The average molecular weight is 223 g/mol. The predicted molar refractivity (Wildman–Crippen MR) is 58.8 cm³/mol. The first-order valence-corrected chi connectivity index (χ1v) is 5.59. The van der Waals surface area contributed by atoms with Crippen LogP contribution in [0.1, 0.15) is 18.5 Å². The fourth-order valence-corrected chi connectivity index (χ4v) is 2.12. The lowest BCUT2D eigenvalue weighted by molar-refractivity contribution is -0.143. The monoisotopic (exact) mass is 223 g/mol. The Morgan fingerprint density at radius 2 is 2.25 bits per heavy atom. The molecule has 2 heterocycles. The highest BCUT2D eigenvalue weighted by atomic mass is 16.4. The first kappa shape index (κ1) is 11.1. The SMILES string of the molecule is Cn1nccc1CN1CCC(C(=O)O)CC1. The Labute approximate surface area is 94.7 Å². The second-order valence-corrected chi connectivity index (χ2v) is 4.33. The molecule has 0 bridgehead atoms. The van der Waals surface area contributed by atoms with Crippen LogP contribution in [0.15, 0.2) is 12.3 Å². The summed E-state index contributed by atoms with van der Waals surface area (Å²) in [6.45, 7) is 2.59. The maximum atomic E-state index is 10.8. The normalized spacial score (nSPS) is 18.8. The minimum absolute atomic E-state index is 0.150. The van der Waals surface area contributed by atoms with E-state index in [2.05, 4.69) is 10.00 Å². The van der Waals surface area contributed by atoms with Crippen LogP contribution >= 0.6 is 0 Å². The van der Waals surface area contributed by atoms with Crippen molar-refractivity contribution in [1.82, 2.24) is 14.7 Å². The van der Waals surface area contributed by atoms with Crippen molar-refractivity contribution in [3.05, 3.63) is 18.0 Å². The lowest BCUT2D eigenvalue weighted by Gasteiger charge is -2.29. The van der Waals surface area contributed by atoms with Crippen molar-refractivity contribution in [3.63, 3.8) is 0 Å². The highest BCUT2D eigenvalue weighted by molar-refractivity contribution is 5.70. The molecule has 1 aliphatic heterocycles. The summed E-state index contributed by atoms with van der Waals surface area (Å²) in [5.41, 5.74) is 1.17. The first-order chi connectivity index (χ1) is 7.66. The van der Waals surface area contributed by atoms with E-state index in [0.717, 1.165) is 32.5 Å². The Hall–Kier alpha value is -1.36. The second kappa shape index (κ2) is 4.65. The fourth-order valence-electron chi connectivity index (χ4n) is 2.12. The number of carboxylic acid groups (broad SMARTS) is 1. The number of hydrogen-bond donors (Lipinski definition) is 1. The van der Waals surface area contributed by atoms with Gasteiger partial charge in [0.1, 0.15) is 0 Å². The van der Waals surface area contributed by atoms with E-state index in [0.29, 0.717) is 0 Å². The van der Waals surface area contributed by atoms with Crippen molar-refractivity contribution in [2.75, 3.05) is 13.1 Å². The van der Waals surface area contributed by atoms with Crippen molar-refractivity contribution < 1.29 is 9.90 Å². The molecule has 0 saturated carbocycles. The van der Waals surface area contributed by atoms with E-state index >= 15 is 0 Å². The summed E-state index contributed by atoms with van der Waals surface area (Å²) < 4.78 is 1.86. The number of likely N-dealkylation sites (tertiary alicyclic amines) is 1. The number of hydrogen-bond acceptors (Lipinski definition) is 3. The molecule has 5 heteroatoms. The highest BCUT2D eigenvalue weighted by Gasteiger charge is 2.24. The van der Waals surface area contributed by atoms with Gasteiger partial charge in [-0.3, -0.25) is 14.4 Å². The maximum absolute atomic E-state index is 10.8. The van der Waals surface area contributed by atoms with Crippen LogP contribution in [0.25, 0.3) is 0 Å². The van der Waals surface area contributed by atoms with E-state index in [-0.39, 0.29) is 5.92 Å². The smallest absolute Gasteiger partial charge is 0.306 e. The molecular weight excluding hydrogens is 206 g/mol. The van der Waals surface area contributed by atoms with Crippen LogP contribution < -0.4 is 0 Å². The first-order valence-electron chi connectivity index (χ1n) is 5.59. The van der Waals surface area contributed by atoms with Gasteiger partial charge in [0.15, 0.2) is 0 Å². The molecule has 1 aromatic heterocycles. The number of carboxylic acids is 1. The molecule has 0 radical (unpaired) electrons. The summed E-state index contributed by atoms with van der Waals surface area (Å²) >= 11 is 0. The number of carbonyl (C=O) groups is 1. The third-order valence-electron chi connectivity index (χ3n) is 3.24. The Bertz CT molecular complexity index is 367. The molecule has 0 unspecified atom stereocenters. The van der Waals surface area contributed by atoms with Crippen LogP contribution in [0.5, 0.6) is 0 Å². The molecule has 1 saturated heterocycles. The number of nitrogens with zero attached hydrogens (tertiary/aromatic N) is 3. The molecule has 0 aliphatic carbocycles. The molecule has 1 N–H and O–H groups in total. The maximum Gasteiger partial charge on any atom is 0.306 e. The number of piperidine rings is 1. The molecule has 5 nitrogen and oxygen atoms in total. The largest absolute Gasteiger partial charge is 0.481 e. The minimum atomic E-state index is -0.653. The van der Waals surface area contributed by atoms with Gasteiger partial charge in [0.25, 0.3) is 0 Å². The third-order valence-corrected chi connectivity index (χ3v) is 3.24. The second-order valence-electron chi connectivity index (χ2n) is 4.33. The number of aryl methyl sites for hydroxylation is 1. The van der Waals surface area contributed by atoms with Crippen molar-refractivity contribution in [1.29, 1.82) is 0 Å². The van der Waals surface area contributed by atoms with Gasteiger partial charge < -0.3 is 5.11 Å². The molecule has 88 valence electrons. The lowest BCUT2D eigenvalue weighted by atomic mass is 9.97. The van der Waals surface area contributed by atoms with Gasteiger partial charge >= 0.3 is 5.97 Å². The van der Waals surface area contributed by atoms with E-state index in [1.54, 1.807) is 6.20 Å². The van der Waals surface area contributed by atoms with Gasteiger partial charge in [0.05, 0.1) is 11.6 Å². The Kier molecular flexibility index (Phi) is 3.24. The van der Waals surface area contributed by atoms with Crippen LogP contribution in [0.3, 0.4) is 0 Å². The zero-order valence-corrected chi connectivity index (χ0v) is 9.46. The standard InChI is InChI=1S/C11H17N3O2/c1-13-10(2-5-12-13)8-14-6-3-9(4-7-14)11(15)16/h2,5,9H,3-4,6-8H2,1H3,(H,15,16). The van der Waals surface area contributed by atoms with E-state index in [4.69, 9.17) is 5.11 Å². The molecule has 1 fully saturated rings. The summed E-state index contributed by atoms with van der Waals surface area (Å²) in [5.74, 6) is -0.803. The molecule has 0 spiro atoms. The average Bonchev–Trinajstić information content (AvgIpc) is 2.65. The summed E-state index contributed by atoms with van der Waals surface area (Å²) in [6, 6.07) is 2.00. The highest BCUT2D eigenvalue weighted by Crippen LogP contribution is 2.18. The summed E-state index contributed by atoms with van der Waals surface area (Å²) in [5, 5.41) is 13.0. The van der Waals surface area contributed by atoms with Gasteiger partial charge in [-0.2, -0.15) is 5.10 Å². The lowest BCUT2D eigenvalue weighted by Crippen LogP contribution is -2.36. The molecule has 1 aromatic rings. The van der Waals surface area contributed by atoms with Crippen molar-refractivity contribution >= 4 is 5.97 Å². The van der Waals surface area contributed by atoms with Crippen LogP contribution in [0.4, 0.5) is 0 Å². The quantitative estimate of drug-likeness (QED) is 0.820. The minimum Gasteiger partial charge on any atom is -0.481 e. The molecule has 16 heavy (non-hydrogen) atoms. The van der Waals surface area contributed by atoms with Crippen LogP contribution in [-0.2, 0) is 18.4 Å². The van der Waals surface area contributed by atoms with Crippen molar-refractivity contribution in [3.8, 4) is 0 Å². The van der Waals surface area contributed by atoms with E-state index in [9.17, 15) is 4.79 Å². The van der Waals surface area contributed by atoms with Gasteiger partial charge in [-0.25, -0.2) is 0 Å². The van der Waals surface area contributed by atoms with Gasteiger partial charge in [0.2, 0.25) is 0 Å². The Morgan fingerprint density at radius 3 is 2.75 bits per heavy atom. The summed E-state index contributed by atoms with van der Waals surface area (Å²) in [4.78, 5) is 13.1. The Morgan fingerprint density at radius 1 is 1.56 bits per heavy atom. The van der Waals surface area contributed by atoms with Gasteiger partial charge in [-0.05, 0) is 32.0 Å². The van der Waals surface area contributed by atoms with Gasteiger partial charge in [-0.1, -0.05) is 0 Å². The molecule has 0 aromatic carbocycles. The van der Waals surface area contributed by atoms with E-state index in [1.165, 1.54) is 5.69 Å². The van der Waals surface area contributed by atoms with Crippen LogP contribution in [0.2, 0.25) is 0 Å². The summed E-state index contributed by atoms with van der Waals surface area (Å²) in [7, 11) is 1.93. The molecular formula is C11H17N3O2. The zero-order chi connectivity index (χ0) is 11.5. The van der Waals surface area contributed by atoms with Crippen LogP contribution in [0, 0.1) is 5.92 Å². The van der Waals surface area contributed by atoms with E-state index < -0.39 is 5.97 Å². The fraction of sp³-hybridized carbons (Fsp3) is 0.636. The zero-order valence-electron chi connectivity index (χ0n) is 9.46. The molecule has 1 aliphatic rings. The summed E-state index contributed by atoms with van der Waals surface area (Å²) in [6.07, 6.45) is 3.31. The predicted octanol–water partition coefficient (Wildman–Crippen LogP) is 0.717. The number of rotatable bonds is 3. The number of aromatic nitrogens is 2. The third kappa shape index (κ3) is 2.41. The van der Waals surface area contributed by atoms with E-state index in [1.807, 2.05) is 17.8 Å². The molecule has 2 rings (SSSR count). The van der Waals surface area contributed by atoms with Crippen molar-refractivity contribution in [2.45, 2.75) is 19.4 Å². The van der Waals surface area contributed by atoms with Gasteiger partial charge in [0, 0.05) is 19.8 Å². The molecule has 0 amide bonds. The van der Waals surface area contributed by atoms with Crippen LogP contribution in [-0.4, -0.2) is 38.8 Å². The number of aliphatic carboxylic acids is 1. The Balaban J connectivity index is 1.86. The van der Waals surface area contributed by atoms with Gasteiger partial charge in [-0.15, -0.1) is 0 Å².